The summed E-state index contributed by atoms with van der Waals surface area (Å²) in [5, 5.41) is 24.8. The molecule has 7 heteroatoms. The molecule has 2 heterocycles. The molecule has 0 aromatic heterocycles. The van der Waals surface area contributed by atoms with Gasteiger partial charge in [0.15, 0.2) is 5.75 Å². The molecule has 0 fully saturated rings. The Labute approximate surface area is 114 Å². The summed E-state index contributed by atoms with van der Waals surface area (Å²) in [4.78, 5) is 21.0. The van der Waals surface area contributed by atoms with Gasteiger partial charge in [0.25, 0.3) is 0 Å². The van der Waals surface area contributed by atoms with Gasteiger partial charge in [0.1, 0.15) is 12.3 Å². The van der Waals surface area contributed by atoms with Crippen LogP contribution in [0.25, 0.3) is 0 Å². The molecule has 7 nitrogen and oxygen atoms in total. The van der Waals surface area contributed by atoms with Gasteiger partial charge >= 0.3 is 5.97 Å². The Morgan fingerprint density at radius 2 is 2.40 bits per heavy atom. The van der Waals surface area contributed by atoms with Crippen LogP contribution in [0.2, 0.25) is 0 Å². The van der Waals surface area contributed by atoms with Gasteiger partial charge in [0.2, 0.25) is 0 Å². The van der Waals surface area contributed by atoms with Crippen molar-refractivity contribution in [2.45, 2.75) is 19.6 Å². The largest absolute Gasteiger partial charge is 0.754 e. The summed E-state index contributed by atoms with van der Waals surface area (Å²) >= 11 is 0. The van der Waals surface area contributed by atoms with Crippen LogP contribution in [-0.4, -0.2) is 17.6 Å². The number of likely N-dealkylation sites (N-methyl/N-ethyl adjacent to an activating group) is 1. The standard InChI is InChI=1S/C13H13N2O5/c1-2-14-9-4-11(13(16)17)15(18)10-5-12-7(3-8(9)10)6-19-20-12/h3-5,9,14H,2,6H2,1H3,(H,16,17)/q-1. The summed E-state index contributed by atoms with van der Waals surface area (Å²) in [5.41, 5.74) is 1.52. The van der Waals surface area contributed by atoms with E-state index >= 15 is 0 Å². The lowest BCUT2D eigenvalue weighted by Gasteiger charge is -2.38. The Morgan fingerprint density at radius 3 is 3.10 bits per heavy atom. The van der Waals surface area contributed by atoms with E-state index in [2.05, 4.69) is 5.32 Å². The zero-order chi connectivity index (χ0) is 14.3. The fourth-order valence-electron chi connectivity index (χ4n) is 2.40. The van der Waals surface area contributed by atoms with E-state index < -0.39 is 5.97 Å². The Hall–Kier alpha value is -2.09. The number of nitrogens with zero attached hydrogens (tertiary/aromatic N) is 1. The first kappa shape index (κ1) is 12.9. The van der Waals surface area contributed by atoms with Crippen LogP contribution in [0, 0.1) is 5.21 Å². The number of hydroxylamine groups is 1. The molecular weight excluding hydrogens is 264 g/mol. The van der Waals surface area contributed by atoms with E-state index in [1.807, 2.05) is 13.0 Å². The van der Waals surface area contributed by atoms with Crippen LogP contribution >= 0.6 is 0 Å². The van der Waals surface area contributed by atoms with E-state index in [0.29, 0.717) is 24.0 Å². The molecule has 106 valence electrons. The highest BCUT2D eigenvalue weighted by atomic mass is 17.2. The van der Waals surface area contributed by atoms with Crippen molar-refractivity contribution in [3.05, 3.63) is 40.2 Å². The highest BCUT2D eigenvalue weighted by Crippen LogP contribution is 2.41. The number of carboxylic acids is 1. The molecule has 0 bridgehead atoms. The third-order valence-corrected chi connectivity index (χ3v) is 3.31. The first-order valence-electron chi connectivity index (χ1n) is 6.24. The van der Waals surface area contributed by atoms with Crippen LogP contribution in [0.15, 0.2) is 23.9 Å². The minimum atomic E-state index is -1.26. The average Bonchev–Trinajstić information content (AvgIpc) is 2.87. The molecule has 0 aliphatic carbocycles. The van der Waals surface area contributed by atoms with Crippen LogP contribution in [0.1, 0.15) is 24.1 Å². The van der Waals surface area contributed by atoms with E-state index in [0.717, 1.165) is 11.1 Å². The van der Waals surface area contributed by atoms with Crippen LogP contribution in [0.5, 0.6) is 5.75 Å². The molecule has 1 atom stereocenters. The quantitative estimate of drug-likeness (QED) is 0.807. The number of anilines is 1. The van der Waals surface area contributed by atoms with Crippen LogP contribution in [-0.2, 0) is 16.3 Å². The van der Waals surface area contributed by atoms with Crippen molar-refractivity contribution in [1.29, 1.82) is 0 Å². The van der Waals surface area contributed by atoms with Gasteiger partial charge in [-0.15, -0.1) is 0 Å². The first-order valence-corrected chi connectivity index (χ1v) is 6.24. The molecule has 0 spiro atoms. The van der Waals surface area contributed by atoms with Crippen molar-refractivity contribution in [2.24, 2.45) is 0 Å². The Balaban J connectivity index is 2.11. The SMILES string of the molecule is CCNC1C=C(C(=O)O)N([O-])c2cc3c(cc21)COO3. The van der Waals surface area contributed by atoms with Crippen molar-refractivity contribution in [2.75, 3.05) is 11.6 Å². The predicted molar refractivity (Wildman–Crippen MR) is 69.8 cm³/mol. The molecule has 1 aromatic carbocycles. The van der Waals surface area contributed by atoms with Gasteiger partial charge in [0.05, 0.1) is 6.04 Å². The second-order valence-electron chi connectivity index (χ2n) is 4.55. The lowest BCUT2D eigenvalue weighted by Crippen LogP contribution is -2.31. The number of fused-ring (bicyclic) bond motifs is 2. The second kappa shape index (κ2) is 4.78. The fourth-order valence-corrected chi connectivity index (χ4v) is 2.40. The molecule has 0 amide bonds. The van der Waals surface area contributed by atoms with E-state index in [1.165, 1.54) is 12.1 Å². The summed E-state index contributed by atoms with van der Waals surface area (Å²) in [7, 11) is 0. The van der Waals surface area contributed by atoms with Crippen molar-refractivity contribution >= 4 is 11.7 Å². The molecule has 20 heavy (non-hydrogen) atoms. The average molecular weight is 277 g/mol. The predicted octanol–water partition coefficient (Wildman–Crippen LogP) is 1.45. The lowest BCUT2D eigenvalue weighted by atomic mass is 9.96. The van der Waals surface area contributed by atoms with E-state index in [1.54, 1.807) is 0 Å². The monoisotopic (exact) mass is 277 g/mol. The van der Waals surface area contributed by atoms with Crippen molar-refractivity contribution in [1.82, 2.24) is 5.32 Å². The smallest absolute Gasteiger partial charge is 0.351 e. The maximum atomic E-state index is 12.2. The zero-order valence-corrected chi connectivity index (χ0v) is 10.8. The molecule has 2 aliphatic heterocycles. The molecular formula is C13H13N2O5-. The number of nitrogens with one attached hydrogen (secondary N) is 1. The third kappa shape index (κ3) is 1.92. The highest BCUT2D eigenvalue weighted by Gasteiger charge is 2.28. The Morgan fingerprint density at radius 1 is 1.60 bits per heavy atom. The summed E-state index contributed by atoms with van der Waals surface area (Å²) in [5.74, 6) is -0.808. The van der Waals surface area contributed by atoms with Gasteiger partial charge in [-0.25, -0.2) is 4.79 Å². The number of hydrogen-bond donors (Lipinski definition) is 2. The summed E-state index contributed by atoms with van der Waals surface area (Å²) in [6.45, 7) is 2.88. The normalized spacial score (nSPS) is 20.0. The van der Waals surface area contributed by atoms with Crippen molar-refractivity contribution in [3.8, 4) is 5.75 Å². The zero-order valence-electron chi connectivity index (χ0n) is 10.8. The van der Waals surface area contributed by atoms with Crippen molar-refractivity contribution < 1.29 is 19.7 Å². The molecule has 0 saturated heterocycles. The summed E-state index contributed by atoms with van der Waals surface area (Å²) < 4.78 is 0. The lowest BCUT2D eigenvalue weighted by molar-refractivity contribution is -0.194. The van der Waals surface area contributed by atoms with E-state index in [9.17, 15) is 10.0 Å². The van der Waals surface area contributed by atoms with Gasteiger partial charge in [-0.2, -0.15) is 4.89 Å². The molecule has 3 rings (SSSR count). The van der Waals surface area contributed by atoms with Crippen LogP contribution in [0.3, 0.4) is 0 Å². The molecule has 1 aromatic rings. The van der Waals surface area contributed by atoms with Gasteiger partial charge in [-0.3, -0.25) is 0 Å². The van der Waals surface area contributed by atoms with Gasteiger partial charge in [-0.1, -0.05) is 6.92 Å². The van der Waals surface area contributed by atoms with Gasteiger partial charge in [0, 0.05) is 17.3 Å². The number of rotatable bonds is 3. The molecule has 0 radical (unpaired) electrons. The van der Waals surface area contributed by atoms with E-state index in [4.69, 9.17) is 14.9 Å². The molecule has 0 saturated carbocycles. The minimum Gasteiger partial charge on any atom is -0.754 e. The van der Waals surface area contributed by atoms with Crippen LogP contribution < -0.4 is 15.3 Å². The number of carbonyl (C=O) groups is 1. The number of carboxylic acid groups (broad SMARTS) is 1. The molecule has 2 aliphatic rings. The number of aliphatic carboxylic acids is 1. The summed E-state index contributed by atoms with van der Waals surface area (Å²) in [6, 6.07) is 3.01. The Kier molecular flexibility index (Phi) is 3.09. The second-order valence-corrected chi connectivity index (χ2v) is 4.55. The number of benzene rings is 1. The fraction of sp³-hybridized carbons (Fsp3) is 0.308. The van der Waals surface area contributed by atoms with Crippen molar-refractivity contribution in [3.63, 3.8) is 0 Å². The minimum absolute atomic E-state index is 0.264. The maximum absolute atomic E-state index is 12.2. The summed E-state index contributed by atoms with van der Waals surface area (Å²) in [6.07, 6.45) is 1.42. The van der Waals surface area contributed by atoms with Gasteiger partial charge in [-0.05, 0) is 24.3 Å². The molecule has 2 N–H and O–H groups in total. The van der Waals surface area contributed by atoms with E-state index in [-0.39, 0.29) is 17.4 Å². The topological polar surface area (TPSA) is 94.1 Å². The Bertz CT molecular complexity index is 599. The first-order chi connectivity index (χ1) is 9.61. The maximum Gasteiger partial charge on any atom is 0.351 e. The van der Waals surface area contributed by atoms with Gasteiger partial charge < -0.3 is 25.6 Å². The third-order valence-electron chi connectivity index (χ3n) is 3.31. The molecule has 1 unspecified atom stereocenters. The number of hydrogen-bond acceptors (Lipinski definition) is 6. The van der Waals surface area contributed by atoms with Crippen LogP contribution in [0.4, 0.5) is 5.69 Å². The highest BCUT2D eigenvalue weighted by molar-refractivity contribution is 5.93.